The van der Waals surface area contributed by atoms with Gasteiger partial charge in [0, 0.05) is 20.3 Å². The molecule has 2 aromatic rings. The molecule has 0 atom stereocenters. The first-order valence-electron chi connectivity index (χ1n) is 11.2. The number of aromatic nitrogens is 3. The largest absolute Gasteiger partial charge is 1.00 e. The van der Waals surface area contributed by atoms with E-state index >= 15 is 0 Å². The molecule has 0 aliphatic heterocycles. The second kappa shape index (κ2) is 9.82. The molecule has 4 aliphatic rings. The minimum atomic E-state index is -0.161. The highest BCUT2D eigenvalue weighted by atomic mass is 35.5. The third-order valence-corrected chi connectivity index (χ3v) is 8.75. The summed E-state index contributed by atoms with van der Waals surface area (Å²) >= 11 is 1.72. The third kappa shape index (κ3) is 4.75. The minimum absolute atomic E-state index is 0. The second-order valence-corrected chi connectivity index (χ2v) is 10.8. The van der Waals surface area contributed by atoms with Crippen molar-refractivity contribution in [1.29, 1.82) is 0 Å². The van der Waals surface area contributed by atoms with Gasteiger partial charge in [0.15, 0.2) is 12.2 Å². The standard InChI is InChI=1S/C23H31N4O2S.2ClH/c1-14-20(30-13-27(14)12-19-11-25-15(2)26-21(19)24)3-4-29-22(28)23-8-16-5-17(9-23)7-18(6-16)10-23;;/h11,13,16-18H,3-10,12H2,1-2H3,(H2,24,25,26);2*1H/q+1;;/p-1. The fourth-order valence-corrected chi connectivity index (χ4v) is 7.43. The molecule has 0 aromatic carbocycles. The number of nitrogens with two attached hydrogens (primary N) is 1. The Bertz CT molecular complexity index is 946. The van der Waals surface area contributed by atoms with Crippen molar-refractivity contribution in [3.05, 3.63) is 33.7 Å². The van der Waals surface area contributed by atoms with E-state index in [1.54, 1.807) is 11.3 Å². The smallest absolute Gasteiger partial charge is 0.312 e. The highest BCUT2D eigenvalue weighted by Gasteiger charge is 2.55. The monoisotopic (exact) mass is 498 g/mol. The number of carbonyl (C=O) groups excluding carboxylic acids is 1. The average Bonchev–Trinajstić information content (AvgIpc) is 3.02. The van der Waals surface area contributed by atoms with Crippen molar-refractivity contribution < 1.29 is 43.9 Å². The van der Waals surface area contributed by atoms with Crippen LogP contribution in [0, 0.1) is 37.0 Å². The molecule has 4 bridgehead atoms. The van der Waals surface area contributed by atoms with E-state index in [1.165, 1.54) is 29.8 Å². The van der Waals surface area contributed by atoms with Crippen LogP contribution in [-0.2, 0) is 22.5 Å². The maximum atomic E-state index is 13.0. The van der Waals surface area contributed by atoms with Gasteiger partial charge in [-0.25, -0.2) is 4.98 Å². The van der Waals surface area contributed by atoms with E-state index in [2.05, 4.69) is 27.0 Å². The minimum Gasteiger partial charge on any atom is -1.00 e. The Kier molecular flexibility index (Phi) is 7.73. The number of halogens is 2. The molecule has 4 fully saturated rings. The lowest BCUT2D eigenvalue weighted by atomic mass is 9.49. The summed E-state index contributed by atoms with van der Waals surface area (Å²) in [5.74, 6) is 3.76. The van der Waals surface area contributed by atoms with Crippen LogP contribution in [0.1, 0.15) is 60.5 Å². The molecule has 2 aromatic heterocycles. The molecule has 0 radical (unpaired) electrons. The van der Waals surface area contributed by atoms with Crippen LogP contribution in [0.5, 0.6) is 0 Å². The van der Waals surface area contributed by atoms with Crippen LogP contribution < -0.4 is 40.1 Å². The number of thiazole rings is 1. The van der Waals surface area contributed by atoms with Gasteiger partial charge < -0.3 is 35.3 Å². The molecule has 0 saturated heterocycles. The highest BCUT2D eigenvalue weighted by Crippen LogP contribution is 2.60. The Hall–Kier alpha value is -1.44. The van der Waals surface area contributed by atoms with Crippen LogP contribution in [0.2, 0.25) is 0 Å². The number of rotatable bonds is 6. The van der Waals surface area contributed by atoms with Crippen molar-refractivity contribution in [3.8, 4) is 0 Å². The Morgan fingerprint density at radius 3 is 2.44 bits per heavy atom. The van der Waals surface area contributed by atoms with E-state index in [4.69, 9.17) is 10.5 Å². The maximum Gasteiger partial charge on any atom is 0.312 e. The fourth-order valence-electron chi connectivity index (χ4n) is 6.46. The first-order chi connectivity index (χ1) is 14.4. The predicted octanol–water partition coefficient (Wildman–Crippen LogP) is -3.20. The normalized spacial score (nSPS) is 27.5. The number of anilines is 1. The summed E-state index contributed by atoms with van der Waals surface area (Å²) in [6.45, 7) is 5.18. The molecule has 4 saturated carbocycles. The third-order valence-electron chi connectivity index (χ3n) is 7.60. The molecule has 6 rings (SSSR count). The first-order valence-corrected chi connectivity index (χ1v) is 12.1. The van der Waals surface area contributed by atoms with Crippen molar-refractivity contribution in [2.45, 2.75) is 65.3 Å². The number of nitrogen functional groups attached to an aromatic ring is 1. The number of H-pyrrole nitrogens is 1. The van der Waals surface area contributed by atoms with Gasteiger partial charge in [-0.1, -0.05) is 11.3 Å². The van der Waals surface area contributed by atoms with E-state index in [-0.39, 0.29) is 36.2 Å². The summed E-state index contributed by atoms with van der Waals surface area (Å²) in [6, 6.07) is 0. The lowest BCUT2D eigenvalue weighted by Crippen LogP contribution is -3.00. The fraction of sp³-hybridized carbons (Fsp3) is 0.652. The van der Waals surface area contributed by atoms with Crippen LogP contribution in [0.3, 0.4) is 0 Å². The van der Waals surface area contributed by atoms with Gasteiger partial charge in [0.2, 0.25) is 5.51 Å². The van der Waals surface area contributed by atoms with Crippen molar-refractivity contribution in [3.63, 3.8) is 0 Å². The van der Waals surface area contributed by atoms with E-state index in [9.17, 15) is 4.79 Å². The molecule has 32 heavy (non-hydrogen) atoms. The Balaban J connectivity index is 0.00000144. The highest BCUT2D eigenvalue weighted by molar-refractivity contribution is 7.09. The average molecular weight is 500 g/mol. The molecule has 0 unspecified atom stereocenters. The van der Waals surface area contributed by atoms with E-state index in [1.807, 2.05) is 13.1 Å². The number of aryl methyl sites for hydroxylation is 1. The molecule has 0 amide bonds. The molecular weight excluding hydrogens is 467 g/mol. The quantitative estimate of drug-likeness (QED) is 0.336. The molecule has 2 heterocycles. The summed E-state index contributed by atoms with van der Waals surface area (Å²) in [4.78, 5) is 21.7. The van der Waals surface area contributed by atoms with Crippen molar-refractivity contribution in [2.75, 3.05) is 12.3 Å². The van der Waals surface area contributed by atoms with Crippen molar-refractivity contribution in [1.82, 2.24) is 4.98 Å². The number of hydrogen-bond donors (Lipinski definition) is 1. The van der Waals surface area contributed by atoms with Gasteiger partial charge in [0.05, 0.1) is 16.9 Å². The van der Waals surface area contributed by atoms with Gasteiger partial charge in [-0.15, -0.1) is 0 Å². The lowest BCUT2D eigenvalue weighted by Gasteiger charge is -2.55. The summed E-state index contributed by atoms with van der Waals surface area (Å²) in [7, 11) is 0. The molecule has 4 aliphatic carbocycles. The zero-order valence-corrected chi connectivity index (χ0v) is 21.0. The first kappa shape index (κ1) is 25.2. The number of nitrogens with zero attached hydrogens (tertiary/aromatic N) is 2. The predicted molar refractivity (Wildman–Crippen MR) is 114 cm³/mol. The molecule has 3 N–H and O–H groups in total. The summed E-state index contributed by atoms with van der Waals surface area (Å²) in [5.41, 5.74) is 10.2. The molecule has 0 spiro atoms. The number of carbonyl (C=O) groups is 1. The number of esters is 1. The number of hydrogen-bond acceptors (Lipinski definition) is 5. The summed E-state index contributed by atoms with van der Waals surface area (Å²) < 4.78 is 8.06. The van der Waals surface area contributed by atoms with Crippen LogP contribution in [0.4, 0.5) is 5.82 Å². The van der Waals surface area contributed by atoms with Gasteiger partial charge in [-0.3, -0.25) is 4.79 Å². The lowest BCUT2D eigenvalue weighted by molar-refractivity contribution is -0.690. The topological polar surface area (TPSA) is 83.2 Å². The van der Waals surface area contributed by atoms with Crippen LogP contribution in [0.25, 0.3) is 0 Å². The van der Waals surface area contributed by atoms with Gasteiger partial charge in [-0.2, -0.15) is 4.57 Å². The maximum absolute atomic E-state index is 13.0. The number of ether oxygens (including phenoxy) is 1. The van der Waals surface area contributed by atoms with E-state index in [0.29, 0.717) is 19.0 Å². The van der Waals surface area contributed by atoms with Crippen LogP contribution in [-0.4, -0.2) is 17.6 Å². The summed E-state index contributed by atoms with van der Waals surface area (Å²) in [5, 5.41) is 0. The zero-order valence-electron chi connectivity index (χ0n) is 18.7. The Morgan fingerprint density at radius 1 is 1.22 bits per heavy atom. The molecule has 176 valence electrons. The summed E-state index contributed by atoms with van der Waals surface area (Å²) in [6.07, 6.45) is 9.94. The van der Waals surface area contributed by atoms with Crippen molar-refractivity contribution >= 4 is 23.1 Å². The molecule has 6 nitrogen and oxygen atoms in total. The van der Waals surface area contributed by atoms with Crippen LogP contribution in [0.15, 0.2) is 11.7 Å². The Labute approximate surface area is 206 Å². The Morgan fingerprint density at radius 2 is 1.84 bits per heavy atom. The number of nitrogens with one attached hydrogen (secondary N) is 1. The van der Waals surface area contributed by atoms with Gasteiger partial charge in [0.25, 0.3) is 11.6 Å². The number of aromatic amines is 1. The SMILES string of the molecule is Cc1nc(N)c(C[n+]2csc(CCOC(=O)C34CC5CC(CC(C5)C3)C4)c2C)c[nH+]1.[Cl-].[Cl-]. The zero-order chi connectivity index (χ0) is 20.9. The van der Waals surface area contributed by atoms with Crippen LogP contribution >= 0.6 is 11.3 Å². The van der Waals surface area contributed by atoms with E-state index in [0.717, 1.165) is 54.8 Å². The molecular formula is C23H32Cl2N4O2S. The van der Waals surface area contributed by atoms with Gasteiger partial charge in [0.1, 0.15) is 11.8 Å². The van der Waals surface area contributed by atoms with Crippen molar-refractivity contribution in [2.24, 2.45) is 23.2 Å². The van der Waals surface area contributed by atoms with E-state index < -0.39 is 0 Å². The second-order valence-electron chi connectivity index (χ2n) is 9.84. The van der Waals surface area contributed by atoms with Gasteiger partial charge in [-0.05, 0) is 61.3 Å². The van der Waals surface area contributed by atoms with Gasteiger partial charge >= 0.3 is 5.97 Å². The molecule has 9 heteroatoms.